The smallest absolute Gasteiger partial charge is 0.309 e. The van der Waals surface area contributed by atoms with Gasteiger partial charge in [-0.25, -0.2) is 0 Å². The molecular formula is C27H29NO2. The fourth-order valence-corrected chi connectivity index (χ4v) is 4.27. The molecule has 0 saturated carbocycles. The average molecular weight is 400 g/mol. The molecule has 1 fully saturated rings. The summed E-state index contributed by atoms with van der Waals surface area (Å²) in [5, 5.41) is 0. The summed E-state index contributed by atoms with van der Waals surface area (Å²) in [5.74, 6) is -0.110. The Labute approximate surface area is 179 Å². The predicted octanol–water partition coefficient (Wildman–Crippen LogP) is 5.25. The molecule has 3 aromatic carbocycles. The Hall–Kier alpha value is -2.91. The molecule has 1 aliphatic heterocycles. The summed E-state index contributed by atoms with van der Waals surface area (Å²) >= 11 is 0. The van der Waals surface area contributed by atoms with Crippen molar-refractivity contribution in [2.45, 2.75) is 45.0 Å². The topological polar surface area (TPSA) is 29.5 Å². The van der Waals surface area contributed by atoms with Crippen LogP contribution in [0.3, 0.4) is 0 Å². The number of benzene rings is 3. The summed E-state index contributed by atoms with van der Waals surface area (Å²) in [6, 6.07) is 31.7. The molecule has 1 heterocycles. The molecule has 1 aliphatic rings. The quantitative estimate of drug-likeness (QED) is 0.485. The lowest BCUT2D eigenvalue weighted by atomic mass is 9.94. The van der Waals surface area contributed by atoms with Crippen molar-refractivity contribution in [3.8, 4) is 0 Å². The van der Waals surface area contributed by atoms with Crippen molar-refractivity contribution >= 4 is 5.97 Å². The van der Waals surface area contributed by atoms with Gasteiger partial charge in [0.05, 0.1) is 12.0 Å². The number of carbonyl (C=O) groups excluding carboxylic acids is 1. The SMILES string of the molecule is C[C@@H]1C[C@@H]([C@H](Cc2ccccc2)N(Cc2ccccc2)Cc2ccccc2)OC1=O. The van der Waals surface area contributed by atoms with Crippen molar-refractivity contribution in [3.63, 3.8) is 0 Å². The van der Waals surface area contributed by atoms with E-state index in [2.05, 4.69) is 77.7 Å². The molecule has 0 N–H and O–H groups in total. The van der Waals surface area contributed by atoms with E-state index in [9.17, 15) is 4.79 Å². The standard InChI is InChI=1S/C27H29NO2/c1-21-17-26(30-27(21)29)25(18-22-11-5-2-6-12-22)28(19-23-13-7-3-8-14-23)20-24-15-9-4-10-16-24/h2-16,21,25-26H,17-20H2,1H3/t21-,25+,26+/m1/s1. The summed E-state index contributed by atoms with van der Waals surface area (Å²) < 4.78 is 5.88. The lowest BCUT2D eigenvalue weighted by molar-refractivity contribution is -0.146. The minimum Gasteiger partial charge on any atom is -0.460 e. The van der Waals surface area contributed by atoms with Crippen LogP contribution >= 0.6 is 0 Å². The Morgan fingerprint density at radius 2 is 1.27 bits per heavy atom. The van der Waals surface area contributed by atoms with Gasteiger partial charge in [0.15, 0.2) is 0 Å². The minimum absolute atomic E-state index is 0.0384. The molecular weight excluding hydrogens is 370 g/mol. The van der Waals surface area contributed by atoms with Gasteiger partial charge in [-0.05, 0) is 29.5 Å². The van der Waals surface area contributed by atoms with E-state index in [1.807, 2.05) is 25.1 Å². The van der Waals surface area contributed by atoms with E-state index in [0.29, 0.717) is 0 Å². The van der Waals surface area contributed by atoms with E-state index in [4.69, 9.17) is 4.74 Å². The molecule has 1 saturated heterocycles. The van der Waals surface area contributed by atoms with Crippen LogP contribution in [-0.2, 0) is 29.0 Å². The van der Waals surface area contributed by atoms with E-state index in [0.717, 1.165) is 25.9 Å². The van der Waals surface area contributed by atoms with Gasteiger partial charge in [0.2, 0.25) is 0 Å². The Morgan fingerprint density at radius 1 is 0.800 bits per heavy atom. The zero-order valence-corrected chi connectivity index (χ0v) is 17.5. The highest BCUT2D eigenvalue weighted by Gasteiger charge is 2.39. The number of rotatable bonds is 8. The second-order valence-corrected chi connectivity index (χ2v) is 8.25. The van der Waals surface area contributed by atoms with E-state index < -0.39 is 0 Å². The maximum absolute atomic E-state index is 12.2. The first-order chi connectivity index (χ1) is 14.7. The predicted molar refractivity (Wildman–Crippen MR) is 120 cm³/mol. The van der Waals surface area contributed by atoms with Crippen molar-refractivity contribution in [2.75, 3.05) is 0 Å². The third-order valence-corrected chi connectivity index (χ3v) is 5.90. The van der Waals surface area contributed by atoms with Crippen LogP contribution < -0.4 is 0 Å². The van der Waals surface area contributed by atoms with Gasteiger partial charge < -0.3 is 4.74 Å². The minimum atomic E-state index is -0.0971. The van der Waals surface area contributed by atoms with Gasteiger partial charge in [0.1, 0.15) is 6.10 Å². The van der Waals surface area contributed by atoms with E-state index in [1.54, 1.807) is 0 Å². The Bertz CT molecular complexity index is 885. The second-order valence-electron chi connectivity index (χ2n) is 8.25. The number of hydrogen-bond donors (Lipinski definition) is 0. The maximum atomic E-state index is 12.2. The lowest BCUT2D eigenvalue weighted by Crippen LogP contribution is -2.44. The zero-order valence-electron chi connectivity index (χ0n) is 17.5. The molecule has 3 heteroatoms. The van der Waals surface area contributed by atoms with Crippen molar-refractivity contribution in [1.82, 2.24) is 4.90 Å². The maximum Gasteiger partial charge on any atom is 0.309 e. The van der Waals surface area contributed by atoms with E-state index in [1.165, 1.54) is 16.7 Å². The number of cyclic esters (lactones) is 1. The normalized spacial score (nSPS) is 19.6. The lowest BCUT2D eigenvalue weighted by Gasteiger charge is -2.35. The number of esters is 1. The molecule has 0 aromatic heterocycles. The molecule has 3 nitrogen and oxygen atoms in total. The zero-order chi connectivity index (χ0) is 20.8. The summed E-state index contributed by atoms with van der Waals surface area (Å²) in [4.78, 5) is 14.7. The molecule has 4 rings (SSSR count). The largest absolute Gasteiger partial charge is 0.460 e. The van der Waals surface area contributed by atoms with Gasteiger partial charge in [-0.15, -0.1) is 0 Å². The number of carbonyl (C=O) groups is 1. The molecule has 30 heavy (non-hydrogen) atoms. The van der Waals surface area contributed by atoms with Crippen LogP contribution in [0, 0.1) is 5.92 Å². The highest BCUT2D eigenvalue weighted by molar-refractivity contribution is 5.74. The van der Waals surface area contributed by atoms with Crippen LogP contribution in [0.25, 0.3) is 0 Å². The molecule has 3 aromatic rings. The number of nitrogens with zero attached hydrogens (tertiary/aromatic N) is 1. The van der Waals surface area contributed by atoms with Gasteiger partial charge in [-0.2, -0.15) is 0 Å². The molecule has 0 unspecified atom stereocenters. The summed E-state index contributed by atoms with van der Waals surface area (Å²) in [5.41, 5.74) is 3.80. The summed E-state index contributed by atoms with van der Waals surface area (Å²) in [7, 11) is 0. The Morgan fingerprint density at radius 3 is 1.70 bits per heavy atom. The molecule has 0 bridgehead atoms. The van der Waals surface area contributed by atoms with Crippen molar-refractivity contribution in [2.24, 2.45) is 5.92 Å². The third-order valence-electron chi connectivity index (χ3n) is 5.90. The fourth-order valence-electron chi connectivity index (χ4n) is 4.27. The summed E-state index contributed by atoms with van der Waals surface area (Å²) in [6.07, 6.45) is 1.53. The molecule has 0 spiro atoms. The first kappa shape index (κ1) is 20.4. The van der Waals surface area contributed by atoms with Gasteiger partial charge in [-0.1, -0.05) is 97.9 Å². The fraction of sp³-hybridized carbons (Fsp3) is 0.296. The van der Waals surface area contributed by atoms with Crippen LogP contribution in [0.15, 0.2) is 91.0 Å². The first-order valence-electron chi connectivity index (χ1n) is 10.8. The average Bonchev–Trinajstić information content (AvgIpc) is 3.12. The van der Waals surface area contributed by atoms with Crippen LogP contribution in [0.1, 0.15) is 30.0 Å². The first-order valence-corrected chi connectivity index (χ1v) is 10.8. The Balaban J connectivity index is 1.66. The van der Waals surface area contributed by atoms with Gasteiger partial charge >= 0.3 is 5.97 Å². The highest BCUT2D eigenvalue weighted by Crippen LogP contribution is 2.29. The van der Waals surface area contributed by atoms with Crippen molar-refractivity contribution < 1.29 is 9.53 Å². The summed E-state index contributed by atoms with van der Waals surface area (Å²) in [6.45, 7) is 3.60. The van der Waals surface area contributed by atoms with Gasteiger partial charge in [0, 0.05) is 13.1 Å². The number of hydrogen-bond acceptors (Lipinski definition) is 3. The third kappa shape index (κ3) is 5.17. The van der Waals surface area contributed by atoms with Crippen LogP contribution in [-0.4, -0.2) is 23.0 Å². The molecule has 154 valence electrons. The van der Waals surface area contributed by atoms with Gasteiger partial charge in [0.25, 0.3) is 0 Å². The second kappa shape index (κ2) is 9.73. The van der Waals surface area contributed by atoms with Crippen LogP contribution in [0.4, 0.5) is 0 Å². The van der Waals surface area contributed by atoms with Crippen LogP contribution in [0.5, 0.6) is 0 Å². The van der Waals surface area contributed by atoms with E-state index >= 15 is 0 Å². The van der Waals surface area contributed by atoms with Crippen molar-refractivity contribution in [3.05, 3.63) is 108 Å². The molecule has 0 radical (unpaired) electrons. The number of ether oxygens (including phenoxy) is 1. The van der Waals surface area contributed by atoms with E-state index in [-0.39, 0.29) is 24.0 Å². The monoisotopic (exact) mass is 399 g/mol. The van der Waals surface area contributed by atoms with Crippen molar-refractivity contribution in [1.29, 1.82) is 0 Å². The molecule has 3 atom stereocenters. The van der Waals surface area contributed by atoms with Crippen LogP contribution in [0.2, 0.25) is 0 Å². The Kier molecular flexibility index (Phi) is 6.60. The molecule has 0 aliphatic carbocycles. The molecule has 0 amide bonds. The highest BCUT2D eigenvalue weighted by atomic mass is 16.6. The van der Waals surface area contributed by atoms with Gasteiger partial charge in [-0.3, -0.25) is 9.69 Å².